The van der Waals surface area contributed by atoms with Crippen molar-refractivity contribution in [2.45, 2.75) is 31.3 Å². The molecule has 1 aromatic rings. The van der Waals surface area contributed by atoms with Crippen LogP contribution in [0.25, 0.3) is 0 Å². The molecule has 1 aliphatic carbocycles. The molecule has 19 heavy (non-hydrogen) atoms. The number of carbonyl (C=O) groups is 1. The minimum Gasteiger partial charge on any atom is -0.491 e. The third-order valence-electron chi connectivity index (χ3n) is 3.59. The van der Waals surface area contributed by atoms with Gasteiger partial charge in [0.05, 0.1) is 11.5 Å². The summed E-state index contributed by atoms with van der Waals surface area (Å²) >= 11 is 5.77. The van der Waals surface area contributed by atoms with Crippen molar-refractivity contribution in [1.29, 1.82) is 0 Å². The zero-order valence-corrected chi connectivity index (χ0v) is 11.3. The fourth-order valence-corrected chi connectivity index (χ4v) is 2.42. The van der Waals surface area contributed by atoms with Gasteiger partial charge >= 0.3 is 5.97 Å². The summed E-state index contributed by atoms with van der Waals surface area (Å²) in [5.41, 5.74) is -0.925. The van der Waals surface area contributed by atoms with Crippen molar-refractivity contribution in [2.75, 3.05) is 6.61 Å². The van der Waals surface area contributed by atoms with Crippen LogP contribution in [0.4, 0.5) is 0 Å². The average Bonchev–Trinajstić information content (AvgIpc) is 2.39. The predicted molar refractivity (Wildman–Crippen MR) is 71.5 cm³/mol. The topological polar surface area (TPSA) is 66.8 Å². The van der Waals surface area contributed by atoms with Crippen LogP contribution in [0.3, 0.4) is 0 Å². The maximum Gasteiger partial charge on any atom is 0.306 e. The lowest BCUT2D eigenvalue weighted by Crippen LogP contribution is -2.41. The van der Waals surface area contributed by atoms with E-state index in [1.165, 1.54) is 0 Å². The van der Waals surface area contributed by atoms with Crippen LogP contribution < -0.4 is 4.74 Å². The lowest BCUT2D eigenvalue weighted by atomic mass is 9.79. The van der Waals surface area contributed by atoms with Gasteiger partial charge < -0.3 is 14.9 Å². The van der Waals surface area contributed by atoms with Crippen LogP contribution in [-0.2, 0) is 4.79 Å². The first kappa shape index (κ1) is 14.2. The first-order valence-electron chi connectivity index (χ1n) is 6.32. The van der Waals surface area contributed by atoms with E-state index in [9.17, 15) is 9.90 Å². The molecule has 0 aliphatic heterocycles. The molecule has 1 fully saturated rings. The second kappa shape index (κ2) is 5.80. The zero-order valence-electron chi connectivity index (χ0n) is 10.5. The minimum atomic E-state index is -0.925. The van der Waals surface area contributed by atoms with Crippen molar-refractivity contribution < 1.29 is 19.7 Å². The molecule has 0 heterocycles. The van der Waals surface area contributed by atoms with Crippen molar-refractivity contribution in [3.63, 3.8) is 0 Å². The third-order valence-corrected chi connectivity index (χ3v) is 3.84. The molecule has 0 aromatic heterocycles. The second-order valence-corrected chi connectivity index (χ2v) is 5.52. The Labute approximate surface area is 117 Å². The van der Waals surface area contributed by atoms with Crippen LogP contribution in [0.1, 0.15) is 25.7 Å². The smallest absolute Gasteiger partial charge is 0.306 e. The standard InChI is InChI=1S/C14H17ClO4/c15-11-1-3-12(4-2-11)19-9-14(18)7-5-10(6-8-14)13(16)17/h1-4,10,18H,5-9H2,(H,16,17). The Balaban J connectivity index is 1.86. The maximum atomic E-state index is 10.9. The van der Waals surface area contributed by atoms with Gasteiger partial charge in [0.15, 0.2) is 0 Å². The number of hydrogen-bond donors (Lipinski definition) is 2. The number of benzene rings is 1. The van der Waals surface area contributed by atoms with E-state index in [2.05, 4.69) is 0 Å². The molecular weight excluding hydrogens is 268 g/mol. The summed E-state index contributed by atoms with van der Waals surface area (Å²) in [6.07, 6.45) is 1.90. The number of aliphatic carboxylic acids is 1. The summed E-state index contributed by atoms with van der Waals surface area (Å²) in [6, 6.07) is 6.94. The van der Waals surface area contributed by atoms with E-state index in [4.69, 9.17) is 21.4 Å². The Bertz CT molecular complexity index is 435. The first-order chi connectivity index (χ1) is 8.98. The van der Waals surface area contributed by atoms with Crippen LogP contribution in [0.2, 0.25) is 5.02 Å². The Morgan fingerprint density at radius 3 is 2.42 bits per heavy atom. The molecule has 0 saturated heterocycles. The molecule has 1 aromatic carbocycles. The highest BCUT2D eigenvalue weighted by Gasteiger charge is 2.36. The van der Waals surface area contributed by atoms with Gasteiger partial charge in [-0.15, -0.1) is 0 Å². The molecule has 1 saturated carbocycles. The van der Waals surface area contributed by atoms with Crippen molar-refractivity contribution in [3.05, 3.63) is 29.3 Å². The van der Waals surface area contributed by atoms with E-state index < -0.39 is 11.6 Å². The van der Waals surface area contributed by atoms with Crippen LogP contribution in [0.5, 0.6) is 5.75 Å². The zero-order chi connectivity index (χ0) is 13.9. The lowest BCUT2D eigenvalue weighted by Gasteiger charge is -2.34. The summed E-state index contributed by atoms with van der Waals surface area (Å²) < 4.78 is 5.54. The second-order valence-electron chi connectivity index (χ2n) is 5.08. The monoisotopic (exact) mass is 284 g/mol. The predicted octanol–water partition coefficient (Wildman–Crippen LogP) is 2.72. The van der Waals surface area contributed by atoms with Crippen LogP contribution in [0.15, 0.2) is 24.3 Å². The van der Waals surface area contributed by atoms with Crippen molar-refractivity contribution in [1.82, 2.24) is 0 Å². The lowest BCUT2D eigenvalue weighted by molar-refractivity contribution is -0.145. The minimum absolute atomic E-state index is 0.182. The SMILES string of the molecule is O=C(O)C1CCC(O)(COc2ccc(Cl)cc2)CC1. The van der Waals surface area contributed by atoms with E-state index in [0.29, 0.717) is 36.5 Å². The Morgan fingerprint density at radius 2 is 1.89 bits per heavy atom. The molecule has 2 N–H and O–H groups in total. The Hall–Kier alpha value is -1.26. The average molecular weight is 285 g/mol. The highest BCUT2D eigenvalue weighted by atomic mass is 35.5. The van der Waals surface area contributed by atoms with Gasteiger partial charge in [-0.2, -0.15) is 0 Å². The molecule has 1 aliphatic rings. The number of hydrogen-bond acceptors (Lipinski definition) is 3. The largest absolute Gasteiger partial charge is 0.491 e. The molecule has 104 valence electrons. The number of aliphatic hydroxyl groups is 1. The molecule has 0 unspecified atom stereocenters. The Kier molecular flexibility index (Phi) is 4.32. The van der Waals surface area contributed by atoms with E-state index in [1.54, 1.807) is 24.3 Å². The normalized spacial score (nSPS) is 26.9. The molecule has 0 radical (unpaired) electrons. The summed E-state index contributed by atoms with van der Waals surface area (Å²) in [5, 5.41) is 19.9. The first-order valence-corrected chi connectivity index (χ1v) is 6.70. The summed E-state index contributed by atoms with van der Waals surface area (Å²) in [4.78, 5) is 10.9. The number of carboxylic acids is 1. The van der Waals surface area contributed by atoms with E-state index >= 15 is 0 Å². The summed E-state index contributed by atoms with van der Waals surface area (Å²) in [6.45, 7) is 0.182. The highest BCUT2D eigenvalue weighted by molar-refractivity contribution is 6.30. The van der Waals surface area contributed by atoms with Crippen molar-refractivity contribution in [3.8, 4) is 5.75 Å². The van der Waals surface area contributed by atoms with E-state index in [-0.39, 0.29) is 12.5 Å². The molecule has 5 heteroatoms. The van der Waals surface area contributed by atoms with E-state index in [0.717, 1.165) is 0 Å². The van der Waals surface area contributed by atoms with Crippen molar-refractivity contribution >= 4 is 17.6 Å². The van der Waals surface area contributed by atoms with Crippen LogP contribution in [0, 0.1) is 5.92 Å². The fourth-order valence-electron chi connectivity index (χ4n) is 2.29. The van der Waals surface area contributed by atoms with Gasteiger partial charge in [-0.05, 0) is 49.9 Å². The van der Waals surface area contributed by atoms with Gasteiger partial charge in [0.2, 0.25) is 0 Å². The van der Waals surface area contributed by atoms with Gasteiger partial charge in [0.25, 0.3) is 0 Å². The van der Waals surface area contributed by atoms with Crippen molar-refractivity contribution in [2.24, 2.45) is 5.92 Å². The Morgan fingerprint density at radius 1 is 1.32 bits per heavy atom. The highest BCUT2D eigenvalue weighted by Crippen LogP contribution is 2.32. The third kappa shape index (κ3) is 3.85. The van der Waals surface area contributed by atoms with E-state index in [1.807, 2.05) is 0 Å². The molecule has 0 amide bonds. The summed E-state index contributed by atoms with van der Waals surface area (Å²) in [7, 11) is 0. The quantitative estimate of drug-likeness (QED) is 0.892. The number of rotatable bonds is 4. The maximum absolute atomic E-state index is 10.9. The van der Waals surface area contributed by atoms with Crippen LogP contribution >= 0.6 is 11.6 Å². The molecule has 0 atom stereocenters. The number of ether oxygens (including phenoxy) is 1. The molecule has 0 spiro atoms. The van der Waals surface area contributed by atoms with Gasteiger partial charge in [0.1, 0.15) is 12.4 Å². The van der Waals surface area contributed by atoms with Crippen LogP contribution in [-0.4, -0.2) is 28.4 Å². The fraction of sp³-hybridized carbons (Fsp3) is 0.500. The van der Waals surface area contributed by atoms with Gasteiger partial charge in [-0.25, -0.2) is 0 Å². The summed E-state index contributed by atoms with van der Waals surface area (Å²) in [5.74, 6) is -0.463. The molecule has 2 rings (SSSR count). The number of halogens is 1. The van der Waals surface area contributed by atoms with Gasteiger partial charge in [-0.3, -0.25) is 4.79 Å². The van der Waals surface area contributed by atoms with Gasteiger partial charge in [-0.1, -0.05) is 11.6 Å². The molecular formula is C14H17ClO4. The molecule has 4 nitrogen and oxygen atoms in total. The molecule has 0 bridgehead atoms. The number of carboxylic acid groups (broad SMARTS) is 1. The van der Waals surface area contributed by atoms with Gasteiger partial charge in [0, 0.05) is 5.02 Å².